The zero-order valence-corrected chi connectivity index (χ0v) is 12.6. The Kier molecular flexibility index (Phi) is 3.57. The minimum absolute atomic E-state index is 0.0177. The van der Waals surface area contributed by atoms with Crippen LogP contribution in [-0.4, -0.2) is 17.1 Å². The molecule has 0 radical (unpaired) electrons. The molecule has 110 valence electrons. The molecule has 0 spiro atoms. The van der Waals surface area contributed by atoms with E-state index in [0.717, 1.165) is 24.0 Å². The number of carbonyl (C=O) groups excluding carboxylic acids is 1. The fraction of sp³-hybridized carbons (Fsp3) is 0.750. The van der Waals surface area contributed by atoms with Crippen LogP contribution in [0.3, 0.4) is 0 Å². The van der Waals surface area contributed by atoms with Crippen molar-refractivity contribution < 1.29 is 9.32 Å². The molecule has 0 aliphatic heterocycles. The predicted octanol–water partition coefficient (Wildman–Crippen LogP) is 3.10. The summed E-state index contributed by atoms with van der Waals surface area (Å²) in [5.41, 5.74) is 1.41. The van der Waals surface area contributed by atoms with Gasteiger partial charge in [-0.3, -0.25) is 4.79 Å². The highest BCUT2D eigenvalue weighted by molar-refractivity contribution is 5.96. The molecule has 2 fully saturated rings. The molecule has 4 atom stereocenters. The van der Waals surface area contributed by atoms with E-state index in [4.69, 9.17) is 4.52 Å². The van der Waals surface area contributed by atoms with Gasteiger partial charge in [0.15, 0.2) is 0 Å². The lowest BCUT2D eigenvalue weighted by Crippen LogP contribution is -2.40. The van der Waals surface area contributed by atoms with Crippen LogP contribution in [0.2, 0.25) is 0 Å². The molecule has 20 heavy (non-hydrogen) atoms. The van der Waals surface area contributed by atoms with E-state index in [0.29, 0.717) is 17.2 Å². The summed E-state index contributed by atoms with van der Waals surface area (Å²) in [4.78, 5) is 12.5. The lowest BCUT2D eigenvalue weighted by molar-refractivity contribution is 0.0913. The van der Waals surface area contributed by atoms with Gasteiger partial charge in [-0.05, 0) is 57.3 Å². The molecule has 4 heteroatoms. The maximum Gasteiger partial charge on any atom is 0.257 e. The molecule has 0 saturated heterocycles. The molecule has 1 heterocycles. The standard InChI is InChI=1S/C16H24N2O2/c1-4-14-15(10(3)20-18-14)16(19)17-9(2)13-8-11-5-6-12(13)7-11/h9,11-13H,4-8H2,1-3H3,(H,17,19)/t9-,11+,12+,13-/m0/s1. The topological polar surface area (TPSA) is 55.1 Å². The summed E-state index contributed by atoms with van der Waals surface area (Å²) < 4.78 is 5.15. The van der Waals surface area contributed by atoms with Crippen LogP contribution in [0, 0.1) is 24.7 Å². The van der Waals surface area contributed by atoms with Gasteiger partial charge in [0.2, 0.25) is 0 Å². The Morgan fingerprint density at radius 2 is 2.25 bits per heavy atom. The van der Waals surface area contributed by atoms with Crippen LogP contribution in [0.25, 0.3) is 0 Å². The number of aryl methyl sites for hydroxylation is 2. The van der Waals surface area contributed by atoms with E-state index in [1.807, 2.05) is 13.8 Å². The zero-order chi connectivity index (χ0) is 14.3. The minimum atomic E-state index is -0.0177. The van der Waals surface area contributed by atoms with Crippen molar-refractivity contribution in [3.05, 3.63) is 17.0 Å². The highest BCUT2D eigenvalue weighted by atomic mass is 16.5. The van der Waals surface area contributed by atoms with Crippen LogP contribution < -0.4 is 5.32 Å². The molecule has 3 rings (SSSR count). The van der Waals surface area contributed by atoms with Gasteiger partial charge < -0.3 is 9.84 Å². The molecule has 1 aromatic heterocycles. The molecule has 2 bridgehead atoms. The second-order valence-corrected chi connectivity index (χ2v) is 6.51. The molecule has 2 saturated carbocycles. The fourth-order valence-electron chi connectivity index (χ4n) is 4.24. The number of rotatable bonds is 4. The SMILES string of the molecule is CCc1noc(C)c1C(=O)N[C@@H](C)[C@@H]1C[C@@H]2CC[C@@H]1C2. The van der Waals surface area contributed by atoms with E-state index < -0.39 is 0 Å². The normalized spacial score (nSPS) is 29.6. The van der Waals surface area contributed by atoms with Gasteiger partial charge in [0.1, 0.15) is 11.3 Å². The van der Waals surface area contributed by atoms with Gasteiger partial charge in [-0.15, -0.1) is 0 Å². The summed E-state index contributed by atoms with van der Waals surface area (Å²) in [5, 5.41) is 7.15. The maximum absolute atomic E-state index is 12.5. The van der Waals surface area contributed by atoms with Crippen molar-refractivity contribution in [2.24, 2.45) is 17.8 Å². The number of fused-ring (bicyclic) bond motifs is 2. The number of nitrogens with one attached hydrogen (secondary N) is 1. The quantitative estimate of drug-likeness (QED) is 0.919. The fourth-order valence-corrected chi connectivity index (χ4v) is 4.24. The summed E-state index contributed by atoms with van der Waals surface area (Å²) in [7, 11) is 0. The number of hydrogen-bond acceptors (Lipinski definition) is 3. The summed E-state index contributed by atoms with van der Waals surface area (Å²) in [6.45, 7) is 5.95. The summed E-state index contributed by atoms with van der Waals surface area (Å²) in [5.74, 6) is 3.00. The van der Waals surface area contributed by atoms with E-state index in [9.17, 15) is 4.79 Å². The van der Waals surface area contributed by atoms with Gasteiger partial charge in [0.25, 0.3) is 5.91 Å². The number of carbonyl (C=O) groups is 1. The lowest BCUT2D eigenvalue weighted by atomic mass is 9.84. The Balaban J connectivity index is 1.68. The van der Waals surface area contributed by atoms with E-state index in [-0.39, 0.29) is 11.9 Å². The highest BCUT2D eigenvalue weighted by Gasteiger charge is 2.42. The van der Waals surface area contributed by atoms with Gasteiger partial charge in [-0.25, -0.2) is 0 Å². The van der Waals surface area contributed by atoms with Gasteiger partial charge in [0, 0.05) is 6.04 Å². The van der Waals surface area contributed by atoms with Crippen molar-refractivity contribution in [1.29, 1.82) is 0 Å². The Bertz CT molecular complexity index is 509. The van der Waals surface area contributed by atoms with Gasteiger partial charge >= 0.3 is 0 Å². The Hall–Kier alpha value is -1.32. The third-order valence-electron chi connectivity index (χ3n) is 5.29. The Morgan fingerprint density at radius 1 is 1.45 bits per heavy atom. The van der Waals surface area contributed by atoms with Crippen LogP contribution >= 0.6 is 0 Å². The highest BCUT2D eigenvalue weighted by Crippen LogP contribution is 2.49. The lowest BCUT2D eigenvalue weighted by Gasteiger charge is -2.28. The third kappa shape index (κ3) is 2.25. The second-order valence-electron chi connectivity index (χ2n) is 6.51. The van der Waals surface area contributed by atoms with Crippen molar-refractivity contribution in [3.8, 4) is 0 Å². The summed E-state index contributed by atoms with van der Waals surface area (Å²) in [6, 6.07) is 0.247. The van der Waals surface area contributed by atoms with Crippen molar-refractivity contribution in [2.45, 2.75) is 58.9 Å². The van der Waals surface area contributed by atoms with Crippen LogP contribution in [-0.2, 0) is 6.42 Å². The third-order valence-corrected chi connectivity index (χ3v) is 5.29. The molecular weight excluding hydrogens is 252 g/mol. The average molecular weight is 276 g/mol. The molecule has 2 aliphatic rings. The number of aromatic nitrogens is 1. The van der Waals surface area contributed by atoms with Crippen molar-refractivity contribution in [1.82, 2.24) is 10.5 Å². The van der Waals surface area contributed by atoms with E-state index in [2.05, 4.69) is 17.4 Å². The molecule has 2 aliphatic carbocycles. The van der Waals surface area contributed by atoms with Crippen molar-refractivity contribution in [2.75, 3.05) is 0 Å². The van der Waals surface area contributed by atoms with E-state index in [1.165, 1.54) is 25.7 Å². The average Bonchev–Trinajstić information content (AvgIpc) is 3.12. The van der Waals surface area contributed by atoms with Crippen LogP contribution in [0.4, 0.5) is 0 Å². The van der Waals surface area contributed by atoms with Crippen LogP contribution in [0.5, 0.6) is 0 Å². The van der Waals surface area contributed by atoms with Crippen molar-refractivity contribution in [3.63, 3.8) is 0 Å². The van der Waals surface area contributed by atoms with Gasteiger partial charge in [0.05, 0.1) is 5.69 Å². The predicted molar refractivity (Wildman–Crippen MR) is 76.5 cm³/mol. The van der Waals surface area contributed by atoms with Crippen molar-refractivity contribution >= 4 is 5.91 Å². The summed E-state index contributed by atoms with van der Waals surface area (Å²) in [6.07, 6.45) is 6.13. The van der Waals surface area contributed by atoms with E-state index >= 15 is 0 Å². The molecular formula is C16H24N2O2. The number of nitrogens with zero attached hydrogens (tertiary/aromatic N) is 1. The zero-order valence-electron chi connectivity index (χ0n) is 12.6. The maximum atomic E-state index is 12.5. The smallest absolute Gasteiger partial charge is 0.257 e. The molecule has 1 N–H and O–H groups in total. The molecule has 1 amide bonds. The first-order valence-electron chi connectivity index (χ1n) is 7.86. The molecule has 0 unspecified atom stereocenters. The summed E-state index contributed by atoms with van der Waals surface area (Å²) >= 11 is 0. The van der Waals surface area contributed by atoms with Crippen LogP contribution in [0.15, 0.2) is 4.52 Å². The largest absolute Gasteiger partial charge is 0.361 e. The van der Waals surface area contributed by atoms with Gasteiger partial charge in [-0.2, -0.15) is 0 Å². The Labute approximate surface area is 120 Å². The Morgan fingerprint density at radius 3 is 2.85 bits per heavy atom. The number of hydrogen-bond donors (Lipinski definition) is 1. The van der Waals surface area contributed by atoms with Crippen LogP contribution in [0.1, 0.15) is 61.3 Å². The first kappa shape index (κ1) is 13.7. The molecule has 4 nitrogen and oxygen atoms in total. The molecule has 1 aromatic rings. The monoisotopic (exact) mass is 276 g/mol. The number of amides is 1. The van der Waals surface area contributed by atoms with Gasteiger partial charge in [-0.1, -0.05) is 18.5 Å². The second kappa shape index (κ2) is 5.23. The first-order chi connectivity index (χ1) is 9.60. The first-order valence-corrected chi connectivity index (χ1v) is 7.86. The van der Waals surface area contributed by atoms with E-state index in [1.54, 1.807) is 0 Å². The molecule has 0 aromatic carbocycles. The minimum Gasteiger partial charge on any atom is -0.361 e.